The average molecular weight is 258 g/mol. The highest BCUT2D eigenvalue weighted by atomic mass is 35.5. The van der Waals surface area contributed by atoms with Gasteiger partial charge in [-0.2, -0.15) is 0 Å². The topological polar surface area (TPSA) is 49.8 Å². The van der Waals surface area contributed by atoms with Crippen molar-refractivity contribution in [1.82, 2.24) is 0 Å². The number of benzene rings is 1. The van der Waals surface area contributed by atoms with Crippen LogP contribution in [0.4, 0.5) is 5.69 Å². The van der Waals surface area contributed by atoms with Gasteiger partial charge in [0.1, 0.15) is 5.56 Å². The second-order valence-electron chi connectivity index (χ2n) is 3.56. The van der Waals surface area contributed by atoms with Crippen molar-refractivity contribution < 1.29 is 14.6 Å². The molecular formula is C12H16ClNO3. The highest BCUT2D eigenvalue weighted by Crippen LogP contribution is 2.26. The minimum atomic E-state index is -1.02. The van der Waals surface area contributed by atoms with Gasteiger partial charge in [-0.3, -0.25) is 0 Å². The number of carboxylic acid groups (broad SMARTS) is 1. The van der Waals surface area contributed by atoms with Crippen LogP contribution in [-0.4, -0.2) is 37.9 Å². The molecule has 4 nitrogen and oxygen atoms in total. The van der Waals surface area contributed by atoms with Crippen LogP contribution in [0.1, 0.15) is 17.3 Å². The summed E-state index contributed by atoms with van der Waals surface area (Å²) < 4.78 is 5.23. The minimum absolute atomic E-state index is 0.133. The molecular weight excluding hydrogens is 242 g/mol. The molecule has 1 rings (SSSR count). The van der Waals surface area contributed by atoms with E-state index in [1.54, 1.807) is 18.2 Å². The van der Waals surface area contributed by atoms with Crippen LogP contribution in [0, 0.1) is 0 Å². The number of carbonyl (C=O) groups is 1. The van der Waals surface area contributed by atoms with Crippen LogP contribution in [-0.2, 0) is 4.74 Å². The first kappa shape index (κ1) is 13.8. The smallest absolute Gasteiger partial charge is 0.339 e. The van der Waals surface area contributed by atoms with Crippen LogP contribution in [0.25, 0.3) is 0 Å². The zero-order chi connectivity index (χ0) is 12.8. The van der Waals surface area contributed by atoms with Crippen molar-refractivity contribution in [1.29, 1.82) is 0 Å². The molecule has 0 atom stereocenters. The van der Waals surface area contributed by atoms with Crippen LogP contribution in [0.15, 0.2) is 18.2 Å². The third-order valence-electron chi connectivity index (χ3n) is 2.39. The Morgan fingerprint density at radius 3 is 2.82 bits per heavy atom. The second-order valence-corrected chi connectivity index (χ2v) is 3.96. The van der Waals surface area contributed by atoms with Crippen molar-refractivity contribution >= 4 is 23.3 Å². The molecule has 1 aromatic rings. The summed E-state index contributed by atoms with van der Waals surface area (Å²) in [5, 5.41) is 9.37. The Balaban J connectivity index is 2.89. The summed E-state index contributed by atoms with van der Waals surface area (Å²) in [5.74, 6) is -1.02. The van der Waals surface area contributed by atoms with E-state index in [0.717, 1.165) is 0 Å². The maximum Gasteiger partial charge on any atom is 0.339 e. The number of hydrogen-bond acceptors (Lipinski definition) is 3. The van der Waals surface area contributed by atoms with Gasteiger partial charge in [0, 0.05) is 20.2 Å². The summed E-state index contributed by atoms with van der Waals surface area (Å²) in [5.41, 5.74) is 0.734. The summed E-state index contributed by atoms with van der Waals surface area (Å²) in [6.45, 7) is 3.74. The molecule has 94 valence electrons. The Kier molecular flexibility index (Phi) is 5.25. The van der Waals surface area contributed by atoms with Crippen LogP contribution >= 0.6 is 11.6 Å². The van der Waals surface area contributed by atoms with E-state index in [1.807, 2.05) is 18.9 Å². The largest absolute Gasteiger partial charge is 0.478 e. The fourth-order valence-corrected chi connectivity index (χ4v) is 1.76. The minimum Gasteiger partial charge on any atom is -0.478 e. The highest BCUT2D eigenvalue weighted by Gasteiger charge is 2.16. The van der Waals surface area contributed by atoms with Crippen LogP contribution < -0.4 is 4.90 Å². The van der Waals surface area contributed by atoms with E-state index in [-0.39, 0.29) is 10.6 Å². The van der Waals surface area contributed by atoms with Gasteiger partial charge >= 0.3 is 5.97 Å². The Morgan fingerprint density at radius 2 is 2.24 bits per heavy atom. The quantitative estimate of drug-likeness (QED) is 0.796. The number of anilines is 1. The van der Waals surface area contributed by atoms with Gasteiger partial charge in [0.15, 0.2) is 0 Å². The number of rotatable bonds is 6. The predicted octanol–water partition coefficient (Wildman–Crippen LogP) is 2.51. The molecule has 0 amide bonds. The summed E-state index contributed by atoms with van der Waals surface area (Å²) in [4.78, 5) is 13.0. The van der Waals surface area contributed by atoms with Crippen molar-refractivity contribution in [3.63, 3.8) is 0 Å². The van der Waals surface area contributed by atoms with E-state index in [2.05, 4.69) is 0 Å². The SMILES string of the molecule is CCOCCN(C)c1cccc(Cl)c1C(=O)O. The van der Waals surface area contributed by atoms with Crippen molar-refractivity contribution in [2.24, 2.45) is 0 Å². The Morgan fingerprint density at radius 1 is 1.53 bits per heavy atom. The van der Waals surface area contributed by atoms with E-state index in [0.29, 0.717) is 25.4 Å². The molecule has 17 heavy (non-hydrogen) atoms. The molecule has 1 N–H and O–H groups in total. The molecule has 0 heterocycles. The highest BCUT2D eigenvalue weighted by molar-refractivity contribution is 6.34. The van der Waals surface area contributed by atoms with Gasteiger partial charge in [-0.1, -0.05) is 17.7 Å². The first-order valence-corrected chi connectivity index (χ1v) is 5.76. The van der Waals surface area contributed by atoms with E-state index < -0.39 is 5.97 Å². The lowest BCUT2D eigenvalue weighted by molar-refractivity contribution is 0.0697. The van der Waals surface area contributed by atoms with Crippen LogP contribution in [0.3, 0.4) is 0 Å². The van der Waals surface area contributed by atoms with Crippen LogP contribution in [0.2, 0.25) is 5.02 Å². The van der Waals surface area contributed by atoms with E-state index >= 15 is 0 Å². The number of aromatic carboxylic acids is 1. The fourth-order valence-electron chi connectivity index (χ4n) is 1.51. The molecule has 1 aromatic carbocycles. The van der Waals surface area contributed by atoms with Crippen molar-refractivity contribution in [2.45, 2.75) is 6.92 Å². The first-order valence-electron chi connectivity index (χ1n) is 5.38. The van der Waals surface area contributed by atoms with Gasteiger partial charge in [0.2, 0.25) is 0 Å². The maximum absolute atomic E-state index is 11.1. The lowest BCUT2D eigenvalue weighted by Gasteiger charge is -2.21. The normalized spacial score (nSPS) is 10.3. The molecule has 0 aromatic heterocycles. The van der Waals surface area contributed by atoms with E-state index in [9.17, 15) is 4.79 Å². The second kappa shape index (κ2) is 6.47. The van der Waals surface area contributed by atoms with Crippen molar-refractivity contribution in [2.75, 3.05) is 31.7 Å². The van der Waals surface area contributed by atoms with Gasteiger partial charge in [-0.15, -0.1) is 0 Å². The molecule has 0 fully saturated rings. The molecule has 0 spiro atoms. The zero-order valence-electron chi connectivity index (χ0n) is 9.94. The zero-order valence-corrected chi connectivity index (χ0v) is 10.7. The van der Waals surface area contributed by atoms with Gasteiger partial charge in [-0.25, -0.2) is 4.79 Å². The molecule has 0 bridgehead atoms. The molecule has 0 radical (unpaired) electrons. The number of likely N-dealkylation sites (N-methyl/N-ethyl adjacent to an activating group) is 1. The number of hydrogen-bond donors (Lipinski definition) is 1. The summed E-state index contributed by atoms with van der Waals surface area (Å²) in [6, 6.07) is 5.05. The Hall–Kier alpha value is -1.26. The number of halogens is 1. The third kappa shape index (κ3) is 3.61. The van der Waals surface area contributed by atoms with Crippen molar-refractivity contribution in [3.05, 3.63) is 28.8 Å². The van der Waals surface area contributed by atoms with Gasteiger partial charge in [0.25, 0.3) is 0 Å². The maximum atomic E-state index is 11.1. The van der Waals surface area contributed by atoms with Crippen LogP contribution in [0.5, 0.6) is 0 Å². The number of carboxylic acids is 1. The van der Waals surface area contributed by atoms with Gasteiger partial charge in [0.05, 0.1) is 17.3 Å². The standard InChI is InChI=1S/C12H16ClNO3/c1-3-17-8-7-14(2)10-6-4-5-9(13)11(10)12(15)16/h4-6H,3,7-8H2,1-2H3,(H,15,16). The monoisotopic (exact) mass is 257 g/mol. The van der Waals surface area contributed by atoms with Gasteiger partial charge < -0.3 is 14.7 Å². The molecule has 0 aliphatic carbocycles. The fraction of sp³-hybridized carbons (Fsp3) is 0.417. The number of ether oxygens (including phenoxy) is 1. The molecule has 0 aliphatic heterocycles. The third-order valence-corrected chi connectivity index (χ3v) is 2.71. The average Bonchev–Trinajstić information content (AvgIpc) is 2.28. The Labute approximate surface area is 106 Å². The molecule has 0 unspecified atom stereocenters. The summed E-state index contributed by atoms with van der Waals surface area (Å²) >= 11 is 5.89. The lowest BCUT2D eigenvalue weighted by Crippen LogP contribution is -2.24. The molecule has 0 saturated heterocycles. The van der Waals surface area contributed by atoms with Gasteiger partial charge in [-0.05, 0) is 19.1 Å². The van der Waals surface area contributed by atoms with Crippen molar-refractivity contribution in [3.8, 4) is 0 Å². The molecule has 0 aliphatic rings. The molecule has 5 heteroatoms. The summed E-state index contributed by atoms with van der Waals surface area (Å²) in [6.07, 6.45) is 0. The predicted molar refractivity (Wildman–Crippen MR) is 68.2 cm³/mol. The summed E-state index contributed by atoms with van der Waals surface area (Å²) in [7, 11) is 1.82. The number of nitrogens with zero attached hydrogens (tertiary/aromatic N) is 1. The Bertz CT molecular complexity index is 395. The van der Waals surface area contributed by atoms with E-state index in [4.69, 9.17) is 21.4 Å². The first-order chi connectivity index (χ1) is 8.07. The lowest BCUT2D eigenvalue weighted by atomic mass is 10.1. The van der Waals surface area contributed by atoms with E-state index in [1.165, 1.54) is 0 Å². The molecule has 0 saturated carbocycles.